The minimum atomic E-state index is -0.859. The summed E-state index contributed by atoms with van der Waals surface area (Å²) in [4.78, 5) is 18.4. The van der Waals surface area contributed by atoms with Gasteiger partial charge in [-0.1, -0.05) is 0 Å². The Morgan fingerprint density at radius 3 is 2.81 bits per heavy atom. The highest BCUT2D eigenvalue weighted by molar-refractivity contribution is 5.67. The third kappa shape index (κ3) is 4.12. The first-order valence-electron chi connectivity index (χ1n) is 5.03. The number of nitrogens with one attached hydrogen (secondary N) is 1. The largest absolute Gasteiger partial charge is 0.481 e. The van der Waals surface area contributed by atoms with E-state index in [2.05, 4.69) is 15.3 Å². The lowest BCUT2D eigenvalue weighted by atomic mass is 10.4. The molecule has 16 heavy (non-hydrogen) atoms. The maximum Gasteiger partial charge on any atom is 0.305 e. The molecule has 1 heterocycles. The Balaban J connectivity index is 2.60. The van der Waals surface area contributed by atoms with Gasteiger partial charge in [0.25, 0.3) is 5.88 Å². The number of aliphatic carboxylic acids is 1. The smallest absolute Gasteiger partial charge is 0.305 e. The van der Waals surface area contributed by atoms with Crippen LogP contribution >= 0.6 is 0 Å². The highest BCUT2D eigenvalue weighted by Crippen LogP contribution is 2.18. The Labute approximate surface area is 93.7 Å². The molecule has 0 aliphatic carbocycles. The van der Waals surface area contributed by atoms with Crippen molar-refractivity contribution in [2.45, 2.75) is 26.4 Å². The lowest BCUT2D eigenvalue weighted by Crippen LogP contribution is -2.13. The lowest BCUT2D eigenvalue weighted by molar-refractivity contribution is -0.136. The monoisotopic (exact) mass is 225 g/mol. The number of ether oxygens (including phenoxy) is 1. The number of hydrogen-bond donors (Lipinski definition) is 2. The Morgan fingerprint density at radius 1 is 1.50 bits per heavy atom. The van der Waals surface area contributed by atoms with Crippen molar-refractivity contribution in [3.63, 3.8) is 0 Å². The predicted molar refractivity (Wildman–Crippen MR) is 58.5 cm³/mol. The second-order valence-electron chi connectivity index (χ2n) is 3.45. The van der Waals surface area contributed by atoms with E-state index in [4.69, 9.17) is 9.84 Å². The van der Waals surface area contributed by atoms with E-state index in [0.717, 1.165) is 0 Å². The van der Waals surface area contributed by atoms with Crippen molar-refractivity contribution < 1.29 is 14.6 Å². The third-order valence-electron chi connectivity index (χ3n) is 1.64. The summed E-state index contributed by atoms with van der Waals surface area (Å²) in [6.07, 6.45) is 3.07. The fraction of sp³-hybridized carbons (Fsp3) is 0.500. The molecular formula is C10H15N3O3. The van der Waals surface area contributed by atoms with Crippen LogP contribution in [0.3, 0.4) is 0 Å². The van der Waals surface area contributed by atoms with E-state index < -0.39 is 5.97 Å². The topological polar surface area (TPSA) is 84.3 Å². The van der Waals surface area contributed by atoms with Crippen LogP contribution < -0.4 is 10.1 Å². The predicted octanol–water partition coefficient (Wildman–Crippen LogP) is 1.15. The number of carboxylic acid groups (broad SMARTS) is 1. The van der Waals surface area contributed by atoms with Crippen LogP contribution in [0.4, 0.5) is 5.82 Å². The van der Waals surface area contributed by atoms with E-state index in [-0.39, 0.29) is 12.5 Å². The Morgan fingerprint density at radius 2 is 2.19 bits per heavy atom. The van der Waals surface area contributed by atoms with Gasteiger partial charge in [0.1, 0.15) is 0 Å². The molecule has 0 saturated heterocycles. The summed E-state index contributed by atoms with van der Waals surface area (Å²) in [6, 6.07) is 0. The van der Waals surface area contributed by atoms with E-state index >= 15 is 0 Å². The van der Waals surface area contributed by atoms with Gasteiger partial charge in [-0.3, -0.25) is 4.79 Å². The van der Waals surface area contributed by atoms with Crippen molar-refractivity contribution in [2.75, 3.05) is 11.9 Å². The number of nitrogens with zero attached hydrogens (tertiary/aromatic N) is 2. The molecule has 0 unspecified atom stereocenters. The molecular weight excluding hydrogens is 210 g/mol. The zero-order valence-corrected chi connectivity index (χ0v) is 9.30. The standard InChI is InChI=1S/C10H15N3O3/c1-7(2)16-10-9(12-5-6-13-10)11-4-3-8(14)15/h5-7H,3-4H2,1-2H3,(H,11,12)(H,14,15). The molecule has 0 spiro atoms. The molecule has 2 N–H and O–H groups in total. The minimum Gasteiger partial charge on any atom is -0.481 e. The molecule has 1 rings (SSSR count). The number of carbonyl (C=O) groups is 1. The molecule has 0 aromatic carbocycles. The van der Waals surface area contributed by atoms with Gasteiger partial charge >= 0.3 is 5.97 Å². The van der Waals surface area contributed by atoms with E-state index in [0.29, 0.717) is 18.2 Å². The second kappa shape index (κ2) is 5.89. The molecule has 0 aliphatic heterocycles. The molecule has 0 aliphatic rings. The molecule has 6 nitrogen and oxygen atoms in total. The average molecular weight is 225 g/mol. The van der Waals surface area contributed by atoms with E-state index in [1.54, 1.807) is 0 Å². The van der Waals surface area contributed by atoms with Crippen molar-refractivity contribution in [1.29, 1.82) is 0 Å². The van der Waals surface area contributed by atoms with Gasteiger partial charge in [0.15, 0.2) is 5.82 Å². The number of aromatic nitrogens is 2. The van der Waals surface area contributed by atoms with Crippen LogP contribution in [-0.2, 0) is 4.79 Å². The minimum absolute atomic E-state index is 0.00303. The highest BCUT2D eigenvalue weighted by atomic mass is 16.5. The van der Waals surface area contributed by atoms with Crippen LogP contribution in [0.2, 0.25) is 0 Å². The average Bonchev–Trinajstić information content (AvgIpc) is 2.19. The molecule has 88 valence electrons. The molecule has 0 saturated carbocycles. The maximum atomic E-state index is 10.3. The summed E-state index contributed by atoms with van der Waals surface area (Å²) in [5.74, 6) is 0.00283. The number of hydrogen-bond acceptors (Lipinski definition) is 5. The Hall–Kier alpha value is -1.85. The fourth-order valence-corrected chi connectivity index (χ4v) is 1.04. The SMILES string of the molecule is CC(C)Oc1nccnc1NCCC(=O)O. The van der Waals surface area contributed by atoms with Crippen LogP contribution in [0, 0.1) is 0 Å². The van der Waals surface area contributed by atoms with Crippen molar-refractivity contribution in [3.05, 3.63) is 12.4 Å². The maximum absolute atomic E-state index is 10.3. The van der Waals surface area contributed by atoms with Gasteiger partial charge in [0.05, 0.1) is 12.5 Å². The quantitative estimate of drug-likeness (QED) is 0.755. The summed E-state index contributed by atoms with van der Waals surface area (Å²) in [6.45, 7) is 4.06. The molecule has 0 fully saturated rings. The van der Waals surface area contributed by atoms with E-state index in [1.807, 2.05) is 13.8 Å². The summed E-state index contributed by atoms with van der Waals surface area (Å²) >= 11 is 0. The molecule has 1 aromatic heterocycles. The van der Waals surface area contributed by atoms with Gasteiger partial charge in [-0.2, -0.15) is 0 Å². The molecule has 0 bridgehead atoms. The summed E-state index contributed by atoms with van der Waals surface area (Å²) in [5, 5.41) is 11.4. The molecule has 1 aromatic rings. The molecule has 0 amide bonds. The van der Waals surface area contributed by atoms with E-state index in [1.165, 1.54) is 12.4 Å². The number of anilines is 1. The van der Waals surface area contributed by atoms with Crippen LogP contribution in [0.25, 0.3) is 0 Å². The zero-order valence-electron chi connectivity index (χ0n) is 9.30. The lowest BCUT2D eigenvalue weighted by Gasteiger charge is -2.12. The summed E-state index contributed by atoms with van der Waals surface area (Å²) in [7, 11) is 0. The highest BCUT2D eigenvalue weighted by Gasteiger charge is 2.08. The van der Waals surface area contributed by atoms with Gasteiger partial charge in [-0.05, 0) is 13.8 Å². The summed E-state index contributed by atoms with van der Waals surface area (Å²) in [5.41, 5.74) is 0. The first-order valence-corrected chi connectivity index (χ1v) is 5.03. The Kier molecular flexibility index (Phi) is 4.50. The molecule has 0 atom stereocenters. The van der Waals surface area contributed by atoms with Crippen molar-refractivity contribution >= 4 is 11.8 Å². The first-order chi connectivity index (χ1) is 7.59. The number of carboxylic acids is 1. The third-order valence-corrected chi connectivity index (χ3v) is 1.64. The first kappa shape index (κ1) is 12.2. The van der Waals surface area contributed by atoms with Crippen LogP contribution in [0.5, 0.6) is 5.88 Å². The van der Waals surface area contributed by atoms with Gasteiger partial charge in [-0.25, -0.2) is 9.97 Å². The van der Waals surface area contributed by atoms with Crippen molar-refractivity contribution in [3.8, 4) is 5.88 Å². The zero-order chi connectivity index (χ0) is 12.0. The fourth-order valence-electron chi connectivity index (χ4n) is 1.04. The molecule has 6 heteroatoms. The van der Waals surface area contributed by atoms with Crippen molar-refractivity contribution in [2.24, 2.45) is 0 Å². The van der Waals surface area contributed by atoms with Gasteiger partial charge < -0.3 is 15.2 Å². The summed E-state index contributed by atoms with van der Waals surface area (Å²) < 4.78 is 5.42. The number of rotatable bonds is 6. The van der Waals surface area contributed by atoms with Crippen molar-refractivity contribution in [1.82, 2.24) is 9.97 Å². The van der Waals surface area contributed by atoms with Gasteiger partial charge in [0, 0.05) is 18.9 Å². The van der Waals surface area contributed by atoms with Crippen LogP contribution in [-0.4, -0.2) is 33.7 Å². The van der Waals surface area contributed by atoms with E-state index in [9.17, 15) is 4.79 Å². The molecule has 0 radical (unpaired) electrons. The van der Waals surface area contributed by atoms with Gasteiger partial charge in [-0.15, -0.1) is 0 Å². The normalized spacial score (nSPS) is 10.2. The van der Waals surface area contributed by atoms with Crippen LogP contribution in [0.1, 0.15) is 20.3 Å². The Bertz CT molecular complexity index is 355. The van der Waals surface area contributed by atoms with Crippen LogP contribution in [0.15, 0.2) is 12.4 Å². The second-order valence-corrected chi connectivity index (χ2v) is 3.45. The van der Waals surface area contributed by atoms with Gasteiger partial charge in [0.2, 0.25) is 0 Å².